The second kappa shape index (κ2) is 5.62. The Hall–Kier alpha value is -0.650. The van der Waals surface area contributed by atoms with Gasteiger partial charge in [-0.15, -0.1) is 22.9 Å². The van der Waals surface area contributed by atoms with Crippen LogP contribution in [0.25, 0.3) is 0 Å². The van der Waals surface area contributed by atoms with E-state index in [9.17, 15) is 13.2 Å². The lowest BCUT2D eigenvalue weighted by molar-refractivity contribution is 0.526. The molecule has 0 N–H and O–H groups in total. The van der Waals surface area contributed by atoms with E-state index in [4.69, 9.17) is 11.6 Å². The SMILES string of the molecule is Fc1cc(F)c(C(Cl)c2cc3c(s2)CCSC3)c(F)c1. The number of alkyl halides is 1. The van der Waals surface area contributed by atoms with Crippen LogP contribution in [0.3, 0.4) is 0 Å². The van der Waals surface area contributed by atoms with Gasteiger partial charge in [0, 0.05) is 33.2 Å². The fraction of sp³-hybridized carbons (Fsp3) is 0.286. The Labute approximate surface area is 128 Å². The van der Waals surface area contributed by atoms with Crippen molar-refractivity contribution in [3.05, 3.63) is 56.5 Å². The summed E-state index contributed by atoms with van der Waals surface area (Å²) < 4.78 is 40.5. The van der Waals surface area contributed by atoms with E-state index in [0.717, 1.165) is 17.9 Å². The van der Waals surface area contributed by atoms with Crippen molar-refractivity contribution < 1.29 is 13.2 Å². The van der Waals surface area contributed by atoms with Gasteiger partial charge in [-0.05, 0) is 23.8 Å². The van der Waals surface area contributed by atoms with Crippen LogP contribution in [0.1, 0.15) is 26.3 Å². The smallest absolute Gasteiger partial charge is 0.134 e. The summed E-state index contributed by atoms with van der Waals surface area (Å²) in [5.41, 5.74) is 0.911. The third-order valence-corrected chi connectivity index (χ3v) is 6.09. The highest BCUT2D eigenvalue weighted by molar-refractivity contribution is 7.98. The maximum atomic E-state index is 13.8. The first kappa shape index (κ1) is 14.3. The second-order valence-corrected chi connectivity index (χ2v) is 7.26. The Balaban J connectivity index is 2.00. The van der Waals surface area contributed by atoms with Gasteiger partial charge in [0.2, 0.25) is 0 Å². The average Bonchev–Trinajstić information content (AvgIpc) is 2.81. The van der Waals surface area contributed by atoms with Crippen molar-refractivity contribution in [1.82, 2.24) is 0 Å². The quantitative estimate of drug-likeness (QED) is 0.673. The molecule has 6 heteroatoms. The summed E-state index contributed by atoms with van der Waals surface area (Å²) >= 11 is 9.54. The molecule has 3 rings (SSSR count). The zero-order valence-corrected chi connectivity index (χ0v) is 12.6. The minimum atomic E-state index is -0.941. The summed E-state index contributed by atoms with van der Waals surface area (Å²) in [5.74, 6) is -0.857. The molecule has 0 saturated carbocycles. The van der Waals surface area contributed by atoms with Crippen molar-refractivity contribution in [2.45, 2.75) is 17.6 Å². The van der Waals surface area contributed by atoms with Crippen LogP contribution in [-0.4, -0.2) is 5.75 Å². The first-order chi connectivity index (χ1) is 9.56. The molecule has 1 atom stereocenters. The summed E-state index contributed by atoms with van der Waals surface area (Å²) in [6.45, 7) is 0. The molecule has 1 aromatic carbocycles. The van der Waals surface area contributed by atoms with Crippen LogP contribution in [0.4, 0.5) is 13.2 Å². The molecular formula is C14H10ClF3S2. The Morgan fingerprint density at radius 3 is 2.45 bits per heavy atom. The summed E-state index contributed by atoms with van der Waals surface area (Å²) in [5, 5.41) is -0.920. The van der Waals surface area contributed by atoms with Crippen LogP contribution < -0.4 is 0 Å². The van der Waals surface area contributed by atoms with E-state index in [-0.39, 0.29) is 5.56 Å². The highest BCUT2D eigenvalue weighted by atomic mass is 35.5. The number of halogens is 4. The molecule has 20 heavy (non-hydrogen) atoms. The highest BCUT2D eigenvalue weighted by Gasteiger charge is 2.24. The zero-order valence-electron chi connectivity index (χ0n) is 10.3. The predicted molar refractivity (Wildman–Crippen MR) is 78.2 cm³/mol. The molecule has 1 unspecified atom stereocenters. The summed E-state index contributed by atoms with van der Waals surface area (Å²) in [4.78, 5) is 1.94. The first-order valence-electron chi connectivity index (χ1n) is 6.04. The summed E-state index contributed by atoms with van der Waals surface area (Å²) in [6, 6.07) is 3.24. The molecule has 0 spiro atoms. The van der Waals surface area contributed by atoms with Crippen molar-refractivity contribution in [1.29, 1.82) is 0 Å². The fourth-order valence-electron chi connectivity index (χ4n) is 2.23. The van der Waals surface area contributed by atoms with Crippen LogP contribution in [0.15, 0.2) is 18.2 Å². The monoisotopic (exact) mass is 334 g/mol. The van der Waals surface area contributed by atoms with Gasteiger partial charge in [0.05, 0.1) is 5.38 Å². The number of hydrogen-bond acceptors (Lipinski definition) is 2. The van der Waals surface area contributed by atoms with Gasteiger partial charge in [-0.1, -0.05) is 0 Å². The predicted octanol–water partition coefficient (Wildman–Crippen LogP) is 5.28. The fourth-order valence-corrected chi connectivity index (χ4v) is 5.00. The molecule has 2 aromatic rings. The maximum Gasteiger partial charge on any atom is 0.134 e. The van der Waals surface area contributed by atoms with E-state index in [1.54, 1.807) is 0 Å². The average molecular weight is 335 g/mol. The van der Waals surface area contributed by atoms with Gasteiger partial charge >= 0.3 is 0 Å². The van der Waals surface area contributed by atoms with Gasteiger partial charge in [0.15, 0.2) is 0 Å². The van der Waals surface area contributed by atoms with Gasteiger partial charge in [-0.25, -0.2) is 13.2 Å². The van der Waals surface area contributed by atoms with Crippen LogP contribution in [0.5, 0.6) is 0 Å². The van der Waals surface area contributed by atoms with Crippen molar-refractivity contribution in [2.75, 3.05) is 5.75 Å². The van der Waals surface area contributed by atoms with Crippen LogP contribution in [0, 0.1) is 17.5 Å². The lowest BCUT2D eigenvalue weighted by Crippen LogP contribution is -2.00. The molecular weight excluding hydrogens is 325 g/mol. The second-order valence-electron chi connectivity index (χ2n) is 4.55. The minimum absolute atomic E-state index is 0.278. The van der Waals surface area contributed by atoms with Gasteiger partial charge in [-0.2, -0.15) is 11.8 Å². The molecule has 0 aliphatic carbocycles. The topological polar surface area (TPSA) is 0 Å². The number of benzene rings is 1. The molecule has 0 bridgehead atoms. The molecule has 0 fully saturated rings. The molecule has 1 aliphatic heterocycles. The minimum Gasteiger partial charge on any atom is -0.207 e. The lowest BCUT2D eigenvalue weighted by Gasteiger charge is -2.10. The Kier molecular flexibility index (Phi) is 4.02. The van der Waals surface area contributed by atoms with Crippen LogP contribution in [0.2, 0.25) is 0 Å². The van der Waals surface area contributed by atoms with Crippen molar-refractivity contribution in [3.8, 4) is 0 Å². The third kappa shape index (κ3) is 2.59. The molecule has 2 heterocycles. The number of thiophene rings is 1. The molecule has 0 amide bonds. The van der Waals surface area contributed by atoms with Gasteiger partial charge < -0.3 is 0 Å². The zero-order chi connectivity index (χ0) is 14.3. The highest BCUT2D eigenvalue weighted by Crippen LogP contribution is 2.40. The molecule has 0 saturated heterocycles. The number of rotatable bonds is 2. The Morgan fingerprint density at radius 2 is 1.80 bits per heavy atom. The number of hydrogen-bond donors (Lipinski definition) is 0. The first-order valence-corrected chi connectivity index (χ1v) is 8.44. The molecule has 0 radical (unpaired) electrons. The Bertz CT molecular complexity index is 607. The molecule has 1 aromatic heterocycles. The number of fused-ring (bicyclic) bond motifs is 1. The largest absolute Gasteiger partial charge is 0.207 e. The van der Waals surface area contributed by atoms with Crippen molar-refractivity contribution >= 4 is 34.7 Å². The van der Waals surface area contributed by atoms with E-state index in [2.05, 4.69) is 0 Å². The van der Waals surface area contributed by atoms with E-state index in [1.165, 1.54) is 21.8 Å². The summed E-state index contributed by atoms with van der Waals surface area (Å²) in [6.07, 6.45) is 0.961. The van der Waals surface area contributed by atoms with Crippen LogP contribution in [-0.2, 0) is 12.2 Å². The van der Waals surface area contributed by atoms with Gasteiger partial charge in [0.25, 0.3) is 0 Å². The maximum absolute atomic E-state index is 13.8. The molecule has 106 valence electrons. The Morgan fingerprint density at radius 1 is 1.10 bits per heavy atom. The summed E-state index contributed by atoms with van der Waals surface area (Å²) in [7, 11) is 0. The molecule has 1 aliphatic rings. The third-order valence-electron chi connectivity index (χ3n) is 3.19. The van der Waals surface area contributed by atoms with Gasteiger partial charge in [0.1, 0.15) is 17.5 Å². The normalized spacial score (nSPS) is 16.0. The van der Waals surface area contributed by atoms with Crippen LogP contribution >= 0.6 is 34.7 Å². The van der Waals surface area contributed by atoms with Gasteiger partial charge in [-0.3, -0.25) is 0 Å². The van der Waals surface area contributed by atoms with E-state index in [0.29, 0.717) is 17.0 Å². The van der Waals surface area contributed by atoms with Crippen molar-refractivity contribution in [2.24, 2.45) is 0 Å². The molecule has 0 nitrogen and oxygen atoms in total. The number of thioether (sulfide) groups is 1. The van der Waals surface area contributed by atoms with E-state index >= 15 is 0 Å². The lowest BCUT2D eigenvalue weighted by atomic mass is 10.1. The van der Waals surface area contributed by atoms with E-state index < -0.39 is 22.8 Å². The van der Waals surface area contributed by atoms with E-state index in [1.807, 2.05) is 17.8 Å². The standard InChI is InChI=1S/C14H10ClF3S2/c15-14(13-9(17)4-8(16)5-10(13)18)12-3-7-6-19-2-1-11(7)20-12/h3-5,14H,1-2,6H2. The number of aryl methyl sites for hydroxylation is 1. The van der Waals surface area contributed by atoms with Crippen molar-refractivity contribution in [3.63, 3.8) is 0 Å².